The van der Waals surface area contributed by atoms with Crippen molar-refractivity contribution in [2.24, 2.45) is 5.92 Å². The maximum atomic E-state index is 13.2. The lowest BCUT2D eigenvalue weighted by molar-refractivity contribution is -0.120. The topological polar surface area (TPSA) is 61.4 Å². The summed E-state index contributed by atoms with van der Waals surface area (Å²) in [7, 11) is 0. The molecule has 1 fully saturated rings. The van der Waals surface area contributed by atoms with Crippen molar-refractivity contribution in [3.05, 3.63) is 65.5 Å². The summed E-state index contributed by atoms with van der Waals surface area (Å²) in [6, 6.07) is 13.7. The summed E-state index contributed by atoms with van der Waals surface area (Å²) in [6.07, 6.45) is 3.13. The Morgan fingerprint density at radius 1 is 1.10 bits per heavy atom. The molecule has 2 N–H and O–H groups in total. The molecule has 5 nitrogen and oxygen atoms in total. The Morgan fingerprint density at radius 3 is 2.59 bits per heavy atom. The number of carbonyl (C=O) groups excluding carboxylic acids is 2. The predicted molar refractivity (Wildman–Crippen MR) is 112 cm³/mol. The summed E-state index contributed by atoms with van der Waals surface area (Å²) in [4.78, 5) is 26.2. The zero-order valence-electron chi connectivity index (χ0n) is 16.8. The first-order valence-electron chi connectivity index (χ1n) is 10.1. The molecule has 1 saturated heterocycles. The minimum absolute atomic E-state index is 0.0440. The molecule has 2 aromatic rings. The van der Waals surface area contributed by atoms with E-state index in [1.807, 2.05) is 31.2 Å². The molecule has 1 aliphatic heterocycles. The molecular weight excluding hydrogens is 369 g/mol. The van der Waals surface area contributed by atoms with E-state index in [0.29, 0.717) is 37.7 Å². The van der Waals surface area contributed by atoms with E-state index in [0.717, 1.165) is 30.4 Å². The molecule has 0 saturated carbocycles. The normalized spacial score (nSPS) is 14.5. The second kappa shape index (κ2) is 10.0. The van der Waals surface area contributed by atoms with Crippen LogP contribution in [0, 0.1) is 18.7 Å². The van der Waals surface area contributed by atoms with E-state index in [1.54, 1.807) is 17.0 Å². The molecule has 1 heterocycles. The minimum Gasteiger partial charge on any atom is -0.356 e. The number of halogens is 1. The molecule has 3 amide bonds. The minimum atomic E-state index is -0.369. The van der Waals surface area contributed by atoms with Crippen molar-refractivity contribution < 1.29 is 14.0 Å². The lowest BCUT2D eigenvalue weighted by Gasteiger charge is -2.32. The van der Waals surface area contributed by atoms with Crippen LogP contribution in [0.25, 0.3) is 0 Å². The fraction of sp³-hybridized carbons (Fsp3) is 0.391. The van der Waals surface area contributed by atoms with Gasteiger partial charge in [0.15, 0.2) is 0 Å². The number of hydrogen-bond donors (Lipinski definition) is 2. The molecule has 0 atom stereocenters. The third-order valence-corrected chi connectivity index (χ3v) is 5.30. The van der Waals surface area contributed by atoms with Gasteiger partial charge in [0.1, 0.15) is 5.82 Å². The van der Waals surface area contributed by atoms with E-state index >= 15 is 0 Å². The van der Waals surface area contributed by atoms with Crippen LogP contribution in [0.4, 0.5) is 14.9 Å². The largest absolute Gasteiger partial charge is 0.356 e. The zero-order valence-corrected chi connectivity index (χ0v) is 16.8. The van der Waals surface area contributed by atoms with Crippen LogP contribution < -0.4 is 10.6 Å². The van der Waals surface area contributed by atoms with Crippen LogP contribution in [-0.4, -0.2) is 36.5 Å². The number of likely N-dealkylation sites (tertiary alicyclic amines) is 1. The quantitative estimate of drug-likeness (QED) is 0.770. The van der Waals surface area contributed by atoms with Gasteiger partial charge in [-0.2, -0.15) is 0 Å². The standard InChI is InChI=1S/C23H28FN3O2/c1-17-4-2-5-19(14-17)15-22(28)25-11-8-18-9-12-27(13-10-18)23(29)26-21-7-3-6-20(24)16-21/h2-7,14,16,18H,8-13,15H2,1H3,(H,25,28)(H,26,29). The van der Waals surface area contributed by atoms with Crippen molar-refractivity contribution in [2.75, 3.05) is 25.0 Å². The molecule has 0 aromatic heterocycles. The SMILES string of the molecule is Cc1cccc(CC(=O)NCCC2CCN(C(=O)Nc3cccc(F)c3)CC2)c1. The monoisotopic (exact) mass is 397 g/mol. The van der Waals surface area contributed by atoms with Gasteiger partial charge in [0.2, 0.25) is 5.91 Å². The van der Waals surface area contributed by atoms with Gasteiger partial charge >= 0.3 is 6.03 Å². The number of rotatable bonds is 6. The van der Waals surface area contributed by atoms with Crippen LogP contribution >= 0.6 is 0 Å². The first kappa shape index (κ1) is 20.8. The Balaban J connectivity index is 1.34. The van der Waals surface area contributed by atoms with Crippen molar-refractivity contribution in [1.82, 2.24) is 10.2 Å². The van der Waals surface area contributed by atoms with E-state index < -0.39 is 0 Å². The van der Waals surface area contributed by atoms with Gasteiger partial charge in [-0.15, -0.1) is 0 Å². The van der Waals surface area contributed by atoms with Gasteiger partial charge in [-0.3, -0.25) is 4.79 Å². The van der Waals surface area contributed by atoms with Crippen LogP contribution in [0.5, 0.6) is 0 Å². The Bertz CT molecular complexity index is 845. The molecule has 2 aromatic carbocycles. The van der Waals surface area contributed by atoms with Crippen LogP contribution in [0.3, 0.4) is 0 Å². The van der Waals surface area contributed by atoms with E-state index in [1.165, 1.54) is 12.1 Å². The van der Waals surface area contributed by atoms with E-state index in [9.17, 15) is 14.0 Å². The third kappa shape index (κ3) is 6.59. The fourth-order valence-corrected chi connectivity index (χ4v) is 3.68. The summed E-state index contributed by atoms with van der Waals surface area (Å²) in [5.74, 6) is 0.168. The molecule has 0 unspecified atom stereocenters. The molecule has 154 valence electrons. The van der Waals surface area contributed by atoms with Crippen molar-refractivity contribution in [2.45, 2.75) is 32.6 Å². The molecule has 0 aliphatic carbocycles. The van der Waals surface area contributed by atoms with Gasteiger partial charge < -0.3 is 15.5 Å². The van der Waals surface area contributed by atoms with Gasteiger partial charge in [-0.25, -0.2) is 9.18 Å². The van der Waals surface area contributed by atoms with Crippen LogP contribution in [0.2, 0.25) is 0 Å². The number of carbonyl (C=O) groups is 2. The average molecular weight is 397 g/mol. The first-order valence-corrected chi connectivity index (χ1v) is 10.1. The summed E-state index contributed by atoms with van der Waals surface area (Å²) in [5.41, 5.74) is 2.65. The van der Waals surface area contributed by atoms with Crippen LogP contribution in [-0.2, 0) is 11.2 Å². The number of benzene rings is 2. The lowest BCUT2D eigenvalue weighted by Crippen LogP contribution is -2.41. The van der Waals surface area contributed by atoms with Gasteiger partial charge in [0.25, 0.3) is 0 Å². The number of nitrogens with zero attached hydrogens (tertiary/aromatic N) is 1. The van der Waals surface area contributed by atoms with Crippen LogP contribution in [0.1, 0.15) is 30.4 Å². The molecule has 3 rings (SSSR count). The van der Waals surface area contributed by atoms with Crippen molar-refractivity contribution in [3.8, 4) is 0 Å². The molecule has 0 radical (unpaired) electrons. The fourth-order valence-electron chi connectivity index (χ4n) is 3.68. The highest BCUT2D eigenvalue weighted by atomic mass is 19.1. The molecule has 29 heavy (non-hydrogen) atoms. The van der Waals surface area contributed by atoms with Crippen molar-refractivity contribution in [1.29, 1.82) is 0 Å². The predicted octanol–water partition coefficient (Wildman–Crippen LogP) is 4.13. The van der Waals surface area contributed by atoms with Gasteiger partial charge in [0, 0.05) is 25.3 Å². The Kier molecular flexibility index (Phi) is 7.22. The highest BCUT2D eigenvalue weighted by molar-refractivity contribution is 5.89. The van der Waals surface area contributed by atoms with Crippen molar-refractivity contribution >= 4 is 17.6 Å². The second-order valence-corrected chi connectivity index (χ2v) is 7.68. The number of amides is 3. The molecular formula is C23H28FN3O2. The highest BCUT2D eigenvalue weighted by Crippen LogP contribution is 2.21. The average Bonchev–Trinajstić information content (AvgIpc) is 2.68. The molecule has 1 aliphatic rings. The van der Waals surface area contributed by atoms with Crippen LogP contribution in [0.15, 0.2) is 48.5 Å². The molecule has 6 heteroatoms. The Hall–Kier alpha value is -2.89. The van der Waals surface area contributed by atoms with E-state index in [-0.39, 0.29) is 17.8 Å². The van der Waals surface area contributed by atoms with Gasteiger partial charge in [-0.1, -0.05) is 35.9 Å². The maximum absolute atomic E-state index is 13.2. The number of aryl methyl sites for hydroxylation is 1. The second-order valence-electron chi connectivity index (χ2n) is 7.68. The summed E-state index contributed by atoms with van der Waals surface area (Å²) in [6.45, 7) is 4.02. The zero-order chi connectivity index (χ0) is 20.6. The van der Waals surface area contributed by atoms with E-state index in [4.69, 9.17) is 0 Å². The number of piperidine rings is 1. The third-order valence-electron chi connectivity index (χ3n) is 5.30. The maximum Gasteiger partial charge on any atom is 0.321 e. The molecule has 0 bridgehead atoms. The number of hydrogen-bond acceptors (Lipinski definition) is 2. The van der Waals surface area contributed by atoms with Crippen molar-refractivity contribution in [3.63, 3.8) is 0 Å². The Labute approximate surface area is 171 Å². The lowest BCUT2D eigenvalue weighted by atomic mass is 9.93. The highest BCUT2D eigenvalue weighted by Gasteiger charge is 2.22. The summed E-state index contributed by atoms with van der Waals surface area (Å²) in [5, 5.41) is 5.74. The smallest absolute Gasteiger partial charge is 0.321 e. The summed E-state index contributed by atoms with van der Waals surface area (Å²) < 4.78 is 13.2. The summed E-state index contributed by atoms with van der Waals surface area (Å²) >= 11 is 0. The Morgan fingerprint density at radius 2 is 1.86 bits per heavy atom. The number of anilines is 1. The first-order chi connectivity index (χ1) is 14.0. The van der Waals surface area contributed by atoms with Gasteiger partial charge in [-0.05, 0) is 55.9 Å². The van der Waals surface area contributed by atoms with E-state index in [2.05, 4.69) is 10.6 Å². The number of nitrogens with one attached hydrogen (secondary N) is 2. The number of urea groups is 1. The molecule has 0 spiro atoms. The van der Waals surface area contributed by atoms with Gasteiger partial charge in [0.05, 0.1) is 6.42 Å².